The fraction of sp³-hybridized carbons (Fsp3) is 0.263. The smallest absolute Gasteiger partial charge is 0.261 e. The van der Waals surface area contributed by atoms with Gasteiger partial charge in [0, 0.05) is 24.4 Å². The standard InChI is InChI=1S/C19H19Cl2N3O3S2/c1-23(2)8-9-24(18(25)14-6-4-12(20)10-15(14)21)19-22-16-7-5-13(29(3,26)27)11-17(16)28-19/h4-7,10-11H,8-9H2,1-3H3. The van der Waals surface area contributed by atoms with Gasteiger partial charge in [-0.05, 0) is 50.5 Å². The normalized spacial score (nSPS) is 11.9. The van der Waals surface area contributed by atoms with Crippen molar-refractivity contribution in [1.29, 1.82) is 0 Å². The summed E-state index contributed by atoms with van der Waals surface area (Å²) >= 11 is 13.5. The summed E-state index contributed by atoms with van der Waals surface area (Å²) in [5.74, 6) is -0.295. The van der Waals surface area contributed by atoms with Crippen molar-refractivity contribution in [1.82, 2.24) is 9.88 Å². The number of carbonyl (C=O) groups excluding carboxylic acids is 1. The van der Waals surface area contributed by atoms with Gasteiger partial charge in [0.15, 0.2) is 15.0 Å². The maximum absolute atomic E-state index is 13.2. The van der Waals surface area contributed by atoms with Gasteiger partial charge in [0.25, 0.3) is 5.91 Å². The van der Waals surface area contributed by atoms with Crippen molar-refractivity contribution in [3.05, 3.63) is 52.0 Å². The molecule has 0 saturated heterocycles. The number of fused-ring (bicyclic) bond motifs is 1. The molecule has 0 aliphatic carbocycles. The lowest BCUT2D eigenvalue weighted by Gasteiger charge is -2.22. The second-order valence-electron chi connectivity index (χ2n) is 6.78. The zero-order chi connectivity index (χ0) is 21.3. The average molecular weight is 472 g/mol. The Morgan fingerprint density at radius 2 is 1.83 bits per heavy atom. The van der Waals surface area contributed by atoms with E-state index >= 15 is 0 Å². The topological polar surface area (TPSA) is 70.6 Å². The highest BCUT2D eigenvalue weighted by Crippen LogP contribution is 2.32. The summed E-state index contributed by atoms with van der Waals surface area (Å²) in [4.78, 5) is 21.5. The van der Waals surface area contributed by atoms with Gasteiger partial charge in [-0.25, -0.2) is 13.4 Å². The van der Waals surface area contributed by atoms with Crippen molar-refractivity contribution in [2.24, 2.45) is 0 Å². The molecule has 0 aliphatic rings. The van der Waals surface area contributed by atoms with Gasteiger partial charge in [-0.1, -0.05) is 34.5 Å². The van der Waals surface area contributed by atoms with Crippen LogP contribution in [-0.2, 0) is 9.84 Å². The molecule has 0 unspecified atom stereocenters. The van der Waals surface area contributed by atoms with Crippen molar-refractivity contribution in [3.8, 4) is 0 Å². The molecule has 2 aromatic carbocycles. The number of anilines is 1. The van der Waals surface area contributed by atoms with Gasteiger partial charge in [-0.15, -0.1) is 0 Å². The Bertz CT molecular complexity index is 1180. The van der Waals surface area contributed by atoms with Crippen molar-refractivity contribution in [3.63, 3.8) is 0 Å². The number of nitrogens with zero attached hydrogens (tertiary/aromatic N) is 3. The lowest BCUT2D eigenvalue weighted by atomic mass is 10.2. The van der Waals surface area contributed by atoms with Crippen LogP contribution in [0.25, 0.3) is 10.2 Å². The Morgan fingerprint density at radius 3 is 2.45 bits per heavy atom. The van der Waals surface area contributed by atoms with Crippen molar-refractivity contribution in [2.75, 3.05) is 38.3 Å². The molecule has 154 valence electrons. The number of amides is 1. The number of benzene rings is 2. The van der Waals surface area contributed by atoms with Crippen LogP contribution in [-0.4, -0.2) is 57.6 Å². The van der Waals surface area contributed by atoms with E-state index in [0.717, 1.165) is 6.26 Å². The highest BCUT2D eigenvalue weighted by atomic mass is 35.5. The maximum atomic E-state index is 13.2. The van der Waals surface area contributed by atoms with Crippen molar-refractivity contribution in [2.45, 2.75) is 4.90 Å². The summed E-state index contributed by atoms with van der Waals surface area (Å²) in [7, 11) is 0.489. The summed E-state index contributed by atoms with van der Waals surface area (Å²) < 4.78 is 24.4. The summed E-state index contributed by atoms with van der Waals surface area (Å²) in [5.41, 5.74) is 0.952. The van der Waals surface area contributed by atoms with E-state index in [-0.39, 0.29) is 15.8 Å². The first-order chi connectivity index (χ1) is 13.6. The number of rotatable bonds is 6. The van der Waals surface area contributed by atoms with Crippen molar-refractivity contribution < 1.29 is 13.2 Å². The minimum atomic E-state index is -3.33. The van der Waals surface area contributed by atoms with E-state index in [1.165, 1.54) is 23.5 Å². The molecular formula is C19H19Cl2N3O3S2. The van der Waals surface area contributed by atoms with Crippen LogP contribution >= 0.6 is 34.5 Å². The third-order valence-corrected chi connectivity index (χ3v) is 6.88. The molecule has 1 heterocycles. The molecule has 3 aromatic rings. The summed E-state index contributed by atoms with van der Waals surface area (Å²) in [6.45, 7) is 1.00. The molecule has 0 radical (unpaired) electrons. The number of sulfone groups is 1. The van der Waals surface area contributed by atoms with Crippen LogP contribution in [0.15, 0.2) is 41.3 Å². The average Bonchev–Trinajstić information content (AvgIpc) is 3.03. The van der Waals surface area contributed by atoms with E-state index in [1.54, 1.807) is 29.2 Å². The van der Waals surface area contributed by atoms with Crippen LogP contribution in [0.4, 0.5) is 5.13 Å². The molecule has 0 saturated carbocycles. The van der Waals surface area contributed by atoms with Gasteiger partial charge in [0.05, 0.1) is 25.7 Å². The van der Waals surface area contributed by atoms with Gasteiger partial charge < -0.3 is 4.90 Å². The molecule has 1 aromatic heterocycles. The van der Waals surface area contributed by atoms with Crippen LogP contribution in [0.5, 0.6) is 0 Å². The monoisotopic (exact) mass is 471 g/mol. The van der Waals surface area contributed by atoms with Crippen LogP contribution in [0.2, 0.25) is 10.0 Å². The zero-order valence-electron chi connectivity index (χ0n) is 16.0. The molecule has 29 heavy (non-hydrogen) atoms. The van der Waals surface area contributed by atoms with Gasteiger partial charge in [-0.3, -0.25) is 9.69 Å². The number of likely N-dealkylation sites (N-methyl/N-ethyl adjacent to an activating group) is 1. The van der Waals surface area contributed by atoms with Gasteiger partial charge >= 0.3 is 0 Å². The number of hydrogen-bond acceptors (Lipinski definition) is 6. The highest BCUT2D eigenvalue weighted by molar-refractivity contribution is 7.90. The molecule has 0 N–H and O–H groups in total. The van der Waals surface area contributed by atoms with E-state index in [2.05, 4.69) is 4.98 Å². The second-order valence-corrected chi connectivity index (χ2v) is 10.7. The molecule has 0 bridgehead atoms. The molecule has 0 spiro atoms. The fourth-order valence-electron chi connectivity index (χ4n) is 2.63. The molecule has 0 fully saturated rings. The minimum absolute atomic E-state index is 0.215. The Morgan fingerprint density at radius 1 is 1.10 bits per heavy atom. The third kappa shape index (κ3) is 5.07. The Kier molecular flexibility index (Phi) is 6.50. The lowest BCUT2D eigenvalue weighted by molar-refractivity contribution is 0.0985. The van der Waals surface area contributed by atoms with Crippen LogP contribution in [0.1, 0.15) is 10.4 Å². The zero-order valence-corrected chi connectivity index (χ0v) is 19.2. The van der Waals surface area contributed by atoms with Crippen LogP contribution in [0, 0.1) is 0 Å². The van der Waals surface area contributed by atoms with E-state index in [9.17, 15) is 13.2 Å². The number of halogens is 2. The number of carbonyl (C=O) groups is 1. The molecule has 10 heteroatoms. The molecular weight excluding hydrogens is 453 g/mol. The van der Waals surface area contributed by atoms with Crippen molar-refractivity contribution >= 4 is 65.6 Å². The number of aromatic nitrogens is 1. The molecule has 0 aliphatic heterocycles. The quantitative estimate of drug-likeness (QED) is 0.538. The first-order valence-electron chi connectivity index (χ1n) is 8.58. The molecule has 0 atom stereocenters. The van der Waals surface area contributed by atoms with E-state index in [4.69, 9.17) is 23.2 Å². The lowest BCUT2D eigenvalue weighted by Crippen LogP contribution is -2.36. The Hall–Kier alpha value is -1.71. The third-order valence-electron chi connectivity index (χ3n) is 4.19. The van der Waals surface area contributed by atoms with Gasteiger partial charge in [0.2, 0.25) is 0 Å². The van der Waals surface area contributed by atoms with E-state index < -0.39 is 9.84 Å². The number of hydrogen-bond donors (Lipinski definition) is 0. The SMILES string of the molecule is CN(C)CCN(C(=O)c1ccc(Cl)cc1Cl)c1nc2ccc(S(C)(=O)=O)cc2s1. The van der Waals surface area contributed by atoms with Crippen LogP contribution in [0.3, 0.4) is 0 Å². The summed E-state index contributed by atoms with van der Waals surface area (Å²) in [6, 6.07) is 9.47. The Balaban J connectivity index is 2.05. The van der Waals surface area contributed by atoms with E-state index in [0.29, 0.717) is 39.0 Å². The highest BCUT2D eigenvalue weighted by Gasteiger charge is 2.24. The fourth-order valence-corrected chi connectivity index (χ4v) is 4.87. The predicted octanol–water partition coefficient (Wildman–Crippen LogP) is 4.22. The Labute approximate surface area is 183 Å². The number of thiazole rings is 1. The summed E-state index contributed by atoms with van der Waals surface area (Å²) in [6.07, 6.45) is 1.16. The molecule has 3 rings (SSSR count). The van der Waals surface area contributed by atoms with Crippen LogP contribution < -0.4 is 4.90 Å². The van der Waals surface area contributed by atoms with Gasteiger partial charge in [0.1, 0.15) is 0 Å². The van der Waals surface area contributed by atoms with Gasteiger partial charge in [-0.2, -0.15) is 0 Å². The maximum Gasteiger partial charge on any atom is 0.261 e. The predicted molar refractivity (Wildman–Crippen MR) is 119 cm³/mol. The first-order valence-corrected chi connectivity index (χ1v) is 12.0. The first kappa shape index (κ1) is 22.0. The largest absolute Gasteiger partial charge is 0.308 e. The molecule has 1 amide bonds. The molecule has 6 nitrogen and oxygen atoms in total. The second kappa shape index (κ2) is 8.57. The minimum Gasteiger partial charge on any atom is -0.308 e. The summed E-state index contributed by atoms with van der Waals surface area (Å²) in [5, 5.41) is 1.18. The van der Waals surface area contributed by atoms with E-state index in [1.807, 2.05) is 19.0 Å².